The molecule has 0 atom stereocenters. The molecule has 0 aliphatic carbocycles. The molecule has 0 aromatic heterocycles. The first-order valence-electron chi connectivity index (χ1n) is 7.07. The molecule has 2 aromatic carbocycles. The van der Waals surface area contributed by atoms with Crippen LogP contribution >= 0.6 is 0 Å². The number of rotatable bonds is 5. The Kier molecular flexibility index (Phi) is 5.08. The van der Waals surface area contributed by atoms with Gasteiger partial charge >= 0.3 is 0 Å². The molecule has 0 bridgehead atoms. The summed E-state index contributed by atoms with van der Waals surface area (Å²) in [7, 11) is -0.169. The molecule has 24 heavy (non-hydrogen) atoms. The lowest BCUT2D eigenvalue weighted by Crippen LogP contribution is -2.15. The highest BCUT2D eigenvalue weighted by Crippen LogP contribution is 2.25. The van der Waals surface area contributed by atoms with Crippen LogP contribution in [0.1, 0.15) is 11.1 Å². The normalized spacial score (nSPS) is 10.5. The van der Waals surface area contributed by atoms with Crippen molar-refractivity contribution in [1.29, 1.82) is 10.5 Å². The van der Waals surface area contributed by atoms with Gasteiger partial charge in [0.15, 0.2) is 0 Å². The van der Waals surface area contributed by atoms with Crippen molar-refractivity contribution in [2.75, 3.05) is 23.7 Å². The summed E-state index contributed by atoms with van der Waals surface area (Å²) in [6, 6.07) is 15.0. The SMILES string of the molecule is CN(C)c1ccc(C#N)c(NS(=O)(=O)c2ccc(CC#N)cc2)c1. The molecule has 0 aliphatic rings. The minimum absolute atomic E-state index is 0.0725. The van der Waals surface area contributed by atoms with Crippen LogP contribution in [0.15, 0.2) is 47.4 Å². The summed E-state index contributed by atoms with van der Waals surface area (Å²) >= 11 is 0. The van der Waals surface area contributed by atoms with Crippen molar-refractivity contribution >= 4 is 21.4 Å². The Morgan fingerprint density at radius 1 is 1.08 bits per heavy atom. The number of hydrogen-bond acceptors (Lipinski definition) is 5. The zero-order chi connectivity index (χ0) is 17.7. The van der Waals surface area contributed by atoms with Crippen molar-refractivity contribution in [3.8, 4) is 12.1 Å². The van der Waals surface area contributed by atoms with E-state index in [9.17, 15) is 13.7 Å². The zero-order valence-corrected chi connectivity index (χ0v) is 14.1. The van der Waals surface area contributed by atoms with Gasteiger partial charge in [0, 0.05) is 19.8 Å². The third kappa shape index (κ3) is 3.83. The van der Waals surface area contributed by atoms with E-state index >= 15 is 0 Å². The summed E-state index contributed by atoms with van der Waals surface area (Å²) in [4.78, 5) is 1.89. The maximum atomic E-state index is 12.5. The lowest BCUT2D eigenvalue weighted by molar-refractivity contribution is 0.601. The van der Waals surface area contributed by atoms with Crippen LogP contribution in [-0.2, 0) is 16.4 Å². The first-order valence-corrected chi connectivity index (χ1v) is 8.56. The van der Waals surface area contributed by atoms with Crippen molar-refractivity contribution in [2.24, 2.45) is 0 Å². The first-order chi connectivity index (χ1) is 11.4. The van der Waals surface area contributed by atoms with Crippen LogP contribution in [-0.4, -0.2) is 22.5 Å². The van der Waals surface area contributed by atoms with Crippen molar-refractivity contribution in [2.45, 2.75) is 11.3 Å². The predicted octanol–water partition coefficient (Wildman–Crippen LogP) is 2.49. The molecular formula is C17H16N4O2S. The maximum Gasteiger partial charge on any atom is 0.261 e. The Labute approximate surface area is 141 Å². The van der Waals surface area contributed by atoms with Crippen molar-refractivity contribution < 1.29 is 8.42 Å². The third-order valence-corrected chi connectivity index (χ3v) is 4.78. The Balaban J connectivity index is 2.37. The minimum atomic E-state index is -3.82. The molecule has 7 heteroatoms. The van der Waals surface area contributed by atoms with E-state index in [0.29, 0.717) is 0 Å². The van der Waals surface area contributed by atoms with Crippen molar-refractivity contribution in [3.63, 3.8) is 0 Å². The molecule has 1 N–H and O–H groups in total. The molecule has 6 nitrogen and oxygen atoms in total. The summed E-state index contributed by atoms with van der Waals surface area (Å²) in [6.07, 6.45) is 0.219. The van der Waals surface area contributed by atoms with Gasteiger partial charge in [-0.25, -0.2) is 8.42 Å². The fourth-order valence-corrected chi connectivity index (χ4v) is 3.14. The highest BCUT2D eigenvalue weighted by molar-refractivity contribution is 7.92. The van der Waals surface area contributed by atoms with Gasteiger partial charge in [0.2, 0.25) is 0 Å². The van der Waals surface area contributed by atoms with Crippen LogP contribution in [0.5, 0.6) is 0 Å². The second kappa shape index (κ2) is 7.03. The fraction of sp³-hybridized carbons (Fsp3) is 0.176. The van der Waals surface area contributed by atoms with E-state index in [4.69, 9.17) is 5.26 Å². The van der Waals surface area contributed by atoms with Gasteiger partial charge in [-0.2, -0.15) is 10.5 Å². The summed E-state index contributed by atoms with van der Waals surface area (Å²) < 4.78 is 27.5. The number of benzene rings is 2. The van der Waals surface area contributed by atoms with E-state index in [1.54, 1.807) is 30.3 Å². The summed E-state index contributed by atoms with van der Waals surface area (Å²) in [6.45, 7) is 0. The Morgan fingerprint density at radius 3 is 2.29 bits per heavy atom. The third-order valence-electron chi connectivity index (χ3n) is 3.40. The molecule has 0 saturated heterocycles. The van der Waals surface area contributed by atoms with Crippen LogP contribution in [0.3, 0.4) is 0 Å². The Hall–Kier alpha value is -3.03. The second-order valence-electron chi connectivity index (χ2n) is 5.32. The average Bonchev–Trinajstić information content (AvgIpc) is 2.55. The van der Waals surface area contributed by atoms with Gasteiger partial charge in [-0.3, -0.25) is 4.72 Å². The van der Waals surface area contributed by atoms with Crippen LogP contribution in [0, 0.1) is 22.7 Å². The van der Waals surface area contributed by atoms with Gasteiger partial charge in [0.1, 0.15) is 6.07 Å². The average molecular weight is 340 g/mol. The van der Waals surface area contributed by atoms with Crippen molar-refractivity contribution in [3.05, 3.63) is 53.6 Å². The maximum absolute atomic E-state index is 12.5. The predicted molar refractivity (Wildman–Crippen MR) is 92.1 cm³/mol. The summed E-state index contributed by atoms with van der Waals surface area (Å²) in [5.41, 5.74) is 1.98. The quantitative estimate of drug-likeness (QED) is 0.902. The number of anilines is 2. The highest BCUT2D eigenvalue weighted by atomic mass is 32.2. The van der Waals surface area contributed by atoms with Gasteiger partial charge in [-0.05, 0) is 35.9 Å². The number of nitrogens with one attached hydrogen (secondary N) is 1. The summed E-state index contributed by atoms with van der Waals surface area (Å²) in [5.74, 6) is 0. The van der Waals surface area contributed by atoms with E-state index in [-0.39, 0.29) is 22.6 Å². The topological polar surface area (TPSA) is 97.0 Å². The minimum Gasteiger partial charge on any atom is -0.378 e. The molecule has 0 unspecified atom stereocenters. The Bertz CT molecular complexity index is 921. The summed E-state index contributed by atoms with van der Waals surface area (Å²) in [5, 5.41) is 17.8. The molecule has 0 radical (unpaired) electrons. The van der Waals surface area contributed by atoms with Crippen LogP contribution in [0.2, 0.25) is 0 Å². The van der Waals surface area contributed by atoms with E-state index in [0.717, 1.165) is 11.3 Å². The van der Waals surface area contributed by atoms with Gasteiger partial charge in [0.25, 0.3) is 10.0 Å². The van der Waals surface area contributed by atoms with Gasteiger partial charge in [-0.15, -0.1) is 0 Å². The lowest BCUT2D eigenvalue weighted by Gasteiger charge is -2.16. The monoisotopic (exact) mass is 340 g/mol. The number of sulfonamides is 1. The smallest absolute Gasteiger partial charge is 0.261 e. The zero-order valence-electron chi connectivity index (χ0n) is 13.3. The molecule has 2 aromatic rings. The van der Waals surface area contributed by atoms with Gasteiger partial charge in [-0.1, -0.05) is 12.1 Å². The first kappa shape index (κ1) is 17.3. The standard InChI is InChI=1S/C17H16N4O2S/c1-21(2)15-6-5-14(12-19)17(11-15)20-24(22,23)16-7-3-13(4-8-16)9-10-18/h3-8,11,20H,9H2,1-2H3. The largest absolute Gasteiger partial charge is 0.378 e. The van der Waals surface area contributed by atoms with Gasteiger partial charge in [0.05, 0.1) is 28.6 Å². The van der Waals surface area contributed by atoms with E-state index in [2.05, 4.69) is 4.72 Å². The van der Waals surface area contributed by atoms with Gasteiger partial charge < -0.3 is 4.90 Å². The molecule has 0 fully saturated rings. The number of nitrogens with zero attached hydrogens (tertiary/aromatic N) is 3. The van der Waals surface area contributed by atoms with E-state index < -0.39 is 10.0 Å². The van der Waals surface area contributed by atoms with Crippen LogP contribution < -0.4 is 9.62 Å². The molecule has 0 saturated carbocycles. The Morgan fingerprint density at radius 2 is 1.75 bits per heavy atom. The molecule has 0 aliphatic heterocycles. The van der Waals surface area contributed by atoms with E-state index in [1.807, 2.05) is 31.1 Å². The fourth-order valence-electron chi connectivity index (χ4n) is 2.07. The molecule has 0 amide bonds. The molecule has 0 heterocycles. The molecule has 2 rings (SSSR count). The molecule has 122 valence electrons. The molecule has 0 spiro atoms. The van der Waals surface area contributed by atoms with Crippen molar-refractivity contribution in [1.82, 2.24) is 0 Å². The lowest BCUT2D eigenvalue weighted by atomic mass is 10.2. The van der Waals surface area contributed by atoms with E-state index in [1.165, 1.54) is 12.1 Å². The number of nitriles is 2. The van der Waals surface area contributed by atoms with Crippen LogP contribution in [0.25, 0.3) is 0 Å². The number of hydrogen-bond donors (Lipinski definition) is 1. The second-order valence-corrected chi connectivity index (χ2v) is 7.00. The van der Waals surface area contributed by atoms with Crippen LogP contribution in [0.4, 0.5) is 11.4 Å². The highest BCUT2D eigenvalue weighted by Gasteiger charge is 2.17. The molecular weight excluding hydrogens is 324 g/mol.